The molecule has 0 aliphatic carbocycles. The molecule has 0 amide bonds. The maximum Gasteiger partial charge on any atom is 0.160 e. The monoisotopic (exact) mass is 333 g/mol. The first kappa shape index (κ1) is 17.3. The number of likely N-dealkylation sites (N-methyl/N-ethyl adjacent to an activating group) is 1. The Bertz CT molecular complexity index is 683. The highest BCUT2D eigenvalue weighted by molar-refractivity contribution is 5.71. The molecule has 1 aliphatic heterocycles. The van der Waals surface area contributed by atoms with Crippen molar-refractivity contribution in [1.82, 2.24) is 24.3 Å². The van der Waals surface area contributed by atoms with Crippen molar-refractivity contribution in [3.05, 3.63) is 23.9 Å². The van der Waals surface area contributed by atoms with Gasteiger partial charge in [-0.1, -0.05) is 13.3 Å². The van der Waals surface area contributed by atoms with Gasteiger partial charge in [-0.15, -0.1) is 0 Å². The average Bonchev–Trinajstić information content (AvgIpc) is 2.78. The first-order chi connectivity index (χ1) is 11.6. The number of pyridine rings is 1. The Morgan fingerprint density at radius 2 is 2.04 bits per heavy atom. The van der Waals surface area contributed by atoms with Crippen molar-refractivity contribution in [3.8, 4) is 0 Å². The van der Waals surface area contributed by atoms with Crippen LogP contribution in [-0.4, -0.2) is 57.6 Å². The van der Waals surface area contributed by atoms with E-state index in [9.17, 15) is 4.39 Å². The van der Waals surface area contributed by atoms with E-state index in [-0.39, 0.29) is 11.9 Å². The molecule has 0 radical (unpaired) electrons. The van der Waals surface area contributed by atoms with E-state index in [1.807, 2.05) is 0 Å². The van der Waals surface area contributed by atoms with Gasteiger partial charge in [-0.3, -0.25) is 4.90 Å². The number of nitrogens with zero attached hydrogens (tertiary/aromatic N) is 5. The Morgan fingerprint density at radius 1 is 1.21 bits per heavy atom. The van der Waals surface area contributed by atoms with Crippen LogP contribution in [0.15, 0.2) is 12.3 Å². The maximum atomic E-state index is 13.6. The minimum atomic E-state index is -0.321. The molecule has 0 aromatic carbocycles. The van der Waals surface area contributed by atoms with E-state index >= 15 is 0 Å². The second-order valence-electron chi connectivity index (χ2n) is 6.71. The number of aryl methyl sites for hydroxylation is 1. The van der Waals surface area contributed by atoms with Gasteiger partial charge in [0.2, 0.25) is 0 Å². The molecule has 3 rings (SSSR count). The molecule has 0 spiro atoms. The van der Waals surface area contributed by atoms with Gasteiger partial charge in [0, 0.05) is 32.2 Å². The summed E-state index contributed by atoms with van der Waals surface area (Å²) < 4.78 is 15.7. The van der Waals surface area contributed by atoms with E-state index in [2.05, 4.69) is 40.2 Å². The Kier molecular flexibility index (Phi) is 5.46. The lowest BCUT2D eigenvalue weighted by molar-refractivity contribution is 0.182. The summed E-state index contributed by atoms with van der Waals surface area (Å²) >= 11 is 0. The van der Waals surface area contributed by atoms with Crippen molar-refractivity contribution in [2.75, 3.05) is 33.2 Å². The molecule has 6 heteroatoms. The van der Waals surface area contributed by atoms with Crippen molar-refractivity contribution in [3.63, 3.8) is 0 Å². The molecule has 1 saturated heterocycles. The van der Waals surface area contributed by atoms with Crippen LogP contribution in [0.1, 0.15) is 45.0 Å². The molecular weight excluding hydrogens is 305 g/mol. The molecule has 1 atom stereocenters. The number of imidazole rings is 1. The lowest BCUT2D eigenvalue weighted by atomic mass is 10.1. The van der Waals surface area contributed by atoms with Crippen LogP contribution in [0.25, 0.3) is 11.2 Å². The van der Waals surface area contributed by atoms with Crippen molar-refractivity contribution in [2.45, 2.75) is 45.7 Å². The number of rotatable bonds is 5. The summed E-state index contributed by atoms with van der Waals surface area (Å²) in [5, 5.41) is 0. The van der Waals surface area contributed by atoms with Crippen LogP contribution in [0, 0.1) is 5.82 Å². The predicted molar refractivity (Wildman–Crippen MR) is 94.5 cm³/mol. The molecule has 2 aromatic heterocycles. The molecular formula is C18H28FN5. The number of aromatic nitrogens is 3. The molecule has 3 heterocycles. The van der Waals surface area contributed by atoms with Gasteiger partial charge >= 0.3 is 0 Å². The quantitative estimate of drug-likeness (QED) is 0.843. The summed E-state index contributed by atoms with van der Waals surface area (Å²) in [5.41, 5.74) is 1.46. The Labute approximate surface area is 143 Å². The summed E-state index contributed by atoms with van der Waals surface area (Å²) in [7, 11) is 2.19. The fourth-order valence-corrected chi connectivity index (χ4v) is 3.70. The third-order valence-electron chi connectivity index (χ3n) is 4.95. The average molecular weight is 333 g/mol. The van der Waals surface area contributed by atoms with E-state index in [1.54, 1.807) is 0 Å². The molecule has 0 bridgehead atoms. The lowest BCUT2D eigenvalue weighted by Gasteiger charge is -2.30. The van der Waals surface area contributed by atoms with Gasteiger partial charge in [-0.05, 0) is 33.4 Å². The number of halogens is 1. The fraction of sp³-hybridized carbons (Fsp3) is 0.667. The molecule has 5 nitrogen and oxygen atoms in total. The number of hydrogen-bond acceptors (Lipinski definition) is 4. The first-order valence-corrected chi connectivity index (χ1v) is 9.08. The smallest absolute Gasteiger partial charge is 0.160 e. The van der Waals surface area contributed by atoms with Crippen molar-refractivity contribution < 1.29 is 4.39 Å². The maximum absolute atomic E-state index is 13.6. The van der Waals surface area contributed by atoms with Gasteiger partial charge in [-0.25, -0.2) is 14.4 Å². The predicted octanol–water partition coefficient (Wildman–Crippen LogP) is 3.07. The normalized spacial score (nSPS) is 18.8. The minimum absolute atomic E-state index is 0.277. The standard InChI is InChI=1S/C18H28FN5/c1-4-7-16(23-9-6-8-22(3)10-11-23)18-21-15-12-14(19)13-20-17(15)24(18)5-2/h12-13,16H,4-11H2,1-3H3. The van der Waals surface area contributed by atoms with E-state index in [1.165, 1.54) is 18.7 Å². The highest BCUT2D eigenvalue weighted by atomic mass is 19.1. The zero-order valence-electron chi connectivity index (χ0n) is 15.0. The van der Waals surface area contributed by atoms with Crippen LogP contribution in [0.5, 0.6) is 0 Å². The molecule has 2 aromatic rings. The zero-order valence-corrected chi connectivity index (χ0v) is 15.0. The Balaban J connectivity index is 1.99. The van der Waals surface area contributed by atoms with Gasteiger partial charge in [0.1, 0.15) is 17.2 Å². The summed E-state index contributed by atoms with van der Waals surface area (Å²) in [6.45, 7) is 9.49. The van der Waals surface area contributed by atoms with Gasteiger partial charge in [0.15, 0.2) is 5.65 Å². The molecule has 1 aliphatic rings. The lowest BCUT2D eigenvalue weighted by Crippen LogP contribution is -2.34. The zero-order chi connectivity index (χ0) is 17.1. The third kappa shape index (κ3) is 3.44. The van der Waals surface area contributed by atoms with Gasteiger partial charge in [-0.2, -0.15) is 0 Å². The van der Waals surface area contributed by atoms with Crippen LogP contribution >= 0.6 is 0 Å². The van der Waals surface area contributed by atoms with E-state index in [0.29, 0.717) is 5.52 Å². The second-order valence-corrected chi connectivity index (χ2v) is 6.71. The highest BCUT2D eigenvalue weighted by Crippen LogP contribution is 2.29. The van der Waals surface area contributed by atoms with E-state index in [0.717, 1.165) is 57.0 Å². The van der Waals surface area contributed by atoms with Crippen molar-refractivity contribution >= 4 is 11.2 Å². The van der Waals surface area contributed by atoms with Crippen LogP contribution < -0.4 is 0 Å². The van der Waals surface area contributed by atoms with Crippen LogP contribution in [0.3, 0.4) is 0 Å². The van der Waals surface area contributed by atoms with E-state index in [4.69, 9.17) is 4.98 Å². The van der Waals surface area contributed by atoms with Gasteiger partial charge in [0.05, 0.1) is 12.2 Å². The van der Waals surface area contributed by atoms with Crippen LogP contribution in [-0.2, 0) is 6.54 Å². The first-order valence-electron chi connectivity index (χ1n) is 9.08. The molecule has 0 saturated carbocycles. The van der Waals surface area contributed by atoms with Gasteiger partial charge < -0.3 is 9.47 Å². The van der Waals surface area contributed by atoms with E-state index < -0.39 is 0 Å². The largest absolute Gasteiger partial charge is 0.312 e. The minimum Gasteiger partial charge on any atom is -0.312 e. The highest BCUT2D eigenvalue weighted by Gasteiger charge is 2.27. The fourth-order valence-electron chi connectivity index (χ4n) is 3.70. The summed E-state index contributed by atoms with van der Waals surface area (Å²) in [6, 6.07) is 1.77. The molecule has 0 N–H and O–H groups in total. The van der Waals surface area contributed by atoms with Crippen molar-refractivity contribution in [1.29, 1.82) is 0 Å². The molecule has 24 heavy (non-hydrogen) atoms. The Hall–Kier alpha value is -1.53. The molecule has 132 valence electrons. The Morgan fingerprint density at radius 3 is 2.79 bits per heavy atom. The van der Waals surface area contributed by atoms with Crippen LogP contribution in [0.2, 0.25) is 0 Å². The summed E-state index contributed by atoms with van der Waals surface area (Å²) in [6.07, 6.45) is 4.63. The number of hydrogen-bond donors (Lipinski definition) is 0. The van der Waals surface area contributed by atoms with Gasteiger partial charge in [0.25, 0.3) is 0 Å². The molecule has 1 fully saturated rings. The SMILES string of the molecule is CCCC(c1nc2cc(F)cnc2n1CC)N1CCCN(C)CC1. The van der Waals surface area contributed by atoms with Crippen molar-refractivity contribution in [2.24, 2.45) is 0 Å². The number of fused-ring (bicyclic) bond motifs is 1. The topological polar surface area (TPSA) is 37.2 Å². The summed E-state index contributed by atoms with van der Waals surface area (Å²) in [5.74, 6) is 0.718. The molecule has 1 unspecified atom stereocenters. The summed E-state index contributed by atoms with van der Waals surface area (Å²) in [4.78, 5) is 14.0. The van der Waals surface area contributed by atoms with Crippen LogP contribution in [0.4, 0.5) is 4.39 Å². The third-order valence-corrected chi connectivity index (χ3v) is 4.95. The second kappa shape index (κ2) is 7.57.